The van der Waals surface area contributed by atoms with Crippen molar-refractivity contribution in [2.75, 3.05) is 23.9 Å². The standard InChI is InChI=1S/C31H39N3O5S/c1-7-34(29(37)25(17-18-40-6)33-30(38)39-31(3,4)5)26(24-14-10-11-20(2)27(24)35)28(36)32-23-16-15-21-12-8-9-13-22(21)19-23/h8-16,19,25-26,35H,7,17-18H2,1-6H3,(H,32,36)(H,33,38). The average molecular weight is 566 g/mol. The van der Waals surface area contributed by atoms with E-state index in [1.54, 1.807) is 70.6 Å². The number of hydrogen-bond acceptors (Lipinski definition) is 6. The number of thioether (sulfide) groups is 1. The van der Waals surface area contributed by atoms with Gasteiger partial charge in [-0.15, -0.1) is 0 Å². The highest BCUT2D eigenvalue weighted by molar-refractivity contribution is 7.98. The van der Waals surface area contributed by atoms with Gasteiger partial charge < -0.3 is 25.4 Å². The topological polar surface area (TPSA) is 108 Å². The van der Waals surface area contributed by atoms with Gasteiger partial charge >= 0.3 is 6.09 Å². The zero-order chi connectivity index (χ0) is 29.4. The summed E-state index contributed by atoms with van der Waals surface area (Å²) < 4.78 is 5.41. The molecule has 0 aliphatic heterocycles. The summed E-state index contributed by atoms with van der Waals surface area (Å²) in [6.45, 7) is 8.90. The molecule has 40 heavy (non-hydrogen) atoms. The first-order valence-corrected chi connectivity index (χ1v) is 14.7. The van der Waals surface area contributed by atoms with E-state index < -0.39 is 35.6 Å². The molecular weight excluding hydrogens is 526 g/mol. The van der Waals surface area contributed by atoms with Crippen molar-refractivity contribution in [2.24, 2.45) is 0 Å². The van der Waals surface area contributed by atoms with E-state index in [9.17, 15) is 19.5 Å². The lowest BCUT2D eigenvalue weighted by Crippen LogP contribution is -2.52. The number of fused-ring (bicyclic) bond motifs is 1. The highest BCUT2D eigenvalue weighted by Crippen LogP contribution is 2.33. The molecule has 0 fully saturated rings. The molecule has 9 heteroatoms. The fourth-order valence-electron chi connectivity index (χ4n) is 4.44. The number of carbonyl (C=O) groups is 3. The highest BCUT2D eigenvalue weighted by Gasteiger charge is 2.37. The molecule has 3 amide bonds. The third-order valence-electron chi connectivity index (χ3n) is 6.36. The molecule has 0 spiro atoms. The molecule has 0 heterocycles. The first-order valence-electron chi connectivity index (χ1n) is 13.3. The molecular formula is C31H39N3O5S. The van der Waals surface area contributed by atoms with E-state index >= 15 is 0 Å². The van der Waals surface area contributed by atoms with Crippen LogP contribution < -0.4 is 10.6 Å². The van der Waals surface area contributed by atoms with E-state index in [0.29, 0.717) is 29.0 Å². The maximum Gasteiger partial charge on any atom is 0.408 e. The summed E-state index contributed by atoms with van der Waals surface area (Å²) >= 11 is 1.54. The number of nitrogens with one attached hydrogen (secondary N) is 2. The van der Waals surface area contributed by atoms with Crippen molar-refractivity contribution in [3.8, 4) is 5.75 Å². The first-order chi connectivity index (χ1) is 18.9. The number of phenols is 1. The number of amides is 3. The second-order valence-electron chi connectivity index (χ2n) is 10.6. The summed E-state index contributed by atoms with van der Waals surface area (Å²) in [6.07, 6.45) is 1.55. The van der Waals surface area contributed by atoms with Crippen molar-refractivity contribution >= 4 is 46.1 Å². The van der Waals surface area contributed by atoms with Gasteiger partial charge in [-0.25, -0.2) is 4.79 Å². The Morgan fingerprint density at radius 2 is 1.73 bits per heavy atom. The number of aromatic hydroxyl groups is 1. The van der Waals surface area contributed by atoms with Gasteiger partial charge in [-0.3, -0.25) is 9.59 Å². The number of para-hydroxylation sites is 1. The van der Waals surface area contributed by atoms with Crippen LogP contribution in [-0.2, 0) is 14.3 Å². The number of anilines is 1. The predicted molar refractivity (Wildman–Crippen MR) is 162 cm³/mol. The third-order valence-corrected chi connectivity index (χ3v) is 7.01. The molecule has 214 valence electrons. The van der Waals surface area contributed by atoms with Gasteiger partial charge in [0.15, 0.2) is 0 Å². The van der Waals surface area contributed by atoms with Crippen LogP contribution in [0.2, 0.25) is 0 Å². The molecule has 2 atom stereocenters. The normalized spacial score (nSPS) is 12.8. The summed E-state index contributed by atoms with van der Waals surface area (Å²) in [5.41, 5.74) is 0.705. The van der Waals surface area contributed by atoms with E-state index in [4.69, 9.17) is 4.74 Å². The summed E-state index contributed by atoms with van der Waals surface area (Å²) in [7, 11) is 0. The Bertz CT molecular complexity index is 1350. The van der Waals surface area contributed by atoms with Gasteiger partial charge in [0.1, 0.15) is 23.4 Å². The molecule has 0 saturated carbocycles. The van der Waals surface area contributed by atoms with E-state index in [2.05, 4.69) is 10.6 Å². The SMILES string of the molecule is CCN(C(=O)C(CCSC)NC(=O)OC(C)(C)C)C(C(=O)Nc1ccc2ccccc2c1)c1cccc(C)c1O. The lowest BCUT2D eigenvalue weighted by molar-refractivity contribution is -0.140. The Morgan fingerprint density at radius 3 is 2.38 bits per heavy atom. The number of benzene rings is 3. The number of rotatable bonds is 10. The van der Waals surface area contributed by atoms with Gasteiger partial charge in [-0.05, 0) is 81.5 Å². The predicted octanol–water partition coefficient (Wildman–Crippen LogP) is 6.03. The van der Waals surface area contributed by atoms with Gasteiger partial charge in [0, 0.05) is 17.8 Å². The Hall–Kier alpha value is -3.72. The Kier molecular flexibility index (Phi) is 10.5. The minimum atomic E-state index is -1.15. The first kappa shape index (κ1) is 30.8. The van der Waals surface area contributed by atoms with Gasteiger partial charge in [0.05, 0.1) is 0 Å². The second-order valence-corrected chi connectivity index (χ2v) is 11.6. The Morgan fingerprint density at radius 1 is 1.02 bits per heavy atom. The molecule has 0 aliphatic rings. The zero-order valence-corrected chi connectivity index (χ0v) is 24.8. The number of nitrogens with zero attached hydrogens (tertiary/aromatic N) is 1. The molecule has 8 nitrogen and oxygen atoms in total. The van der Waals surface area contributed by atoms with E-state index in [0.717, 1.165) is 10.8 Å². The number of alkyl carbamates (subject to hydrolysis) is 1. The van der Waals surface area contributed by atoms with Gasteiger partial charge in [0.2, 0.25) is 5.91 Å². The lowest BCUT2D eigenvalue weighted by atomic mass is 9.99. The number of ether oxygens (including phenoxy) is 1. The van der Waals surface area contributed by atoms with E-state index in [1.807, 2.05) is 42.7 Å². The fourth-order valence-corrected chi connectivity index (χ4v) is 4.91. The zero-order valence-electron chi connectivity index (χ0n) is 24.0. The summed E-state index contributed by atoms with van der Waals surface area (Å²) in [4.78, 5) is 42.0. The smallest absolute Gasteiger partial charge is 0.408 e. The number of hydrogen-bond donors (Lipinski definition) is 3. The van der Waals surface area contributed by atoms with Gasteiger partial charge in [-0.2, -0.15) is 11.8 Å². The van der Waals surface area contributed by atoms with Crippen LogP contribution in [0.3, 0.4) is 0 Å². The third kappa shape index (κ3) is 7.91. The van der Waals surface area contributed by atoms with Crippen LogP contribution >= 0.6 is 11.8 Å². The van der Waals surface area contributed by atoms with Crippen molar-refractivity contribution in [1.82, 2.24) is 10.2 Å². The number of phenolic OH excluding ortho intramolecular Hbond substituents is 1. The van der Waals surface area contributed by atoms with Crippen molar-refractivity contribution in [3.63, 3.8) is 0 Å². The summed E-state index contributed by atoms with van der Waals surface area (Å²) in [5, 5.41) is 18.6. The highest BCUT2D eigenvalue weighted by atomic mass is 32.2. The molecule has 3 rings (SSSR count). The molecule has 0 saturated heterocycles. The molecule has 3 N–H and O–H groups in total. The Balaban J connectivity index is 2.00. The van der Waals surface area contributed by atoms with E-state index in [1.165, 1.54) is 4.90 Å². The molecule has 3 aromatic rings. The van der Waals surface area contributed by atoms with Gasteiger partial charge in [0.25, 0.3) is 5.91 Å². The minimum absolute atomic E-state index is 0.0619. The Labute approximate surface area is 240 Å². The van der Waals surface area contributed by atoms with Crippen molar-refractivity contribution in [3.05, 3.63) is 71.8 Å². The molecule has 0 bridgehead atoms. The molecule has 0 aromatic heterocycles. The van der Waals surface area contributed by atoms with Crippen molar-refractivity contribution in [1.29, 1.82) is 0 Å². The van der Waals surface area contributed by atoms with E-state index in [-0.39, 0.29) is 12.3 Å². The second kappa shape index (κ2) is 13.6. The number of likely N-dealkylation sites (N-methyl/N-ethyl adjacent to an activating group) is 1. The van der Waals surface area contributed by atoms with Crippen LogP contribution in [-0.4, -0.2) is 58.1 Å². The monoisotopic (exact) mass is 565 g/mol. The maximum atomic E-state index is 14.0. The minimum Gasteiger partial charge on any atom is -0.507 e. The molecule has 3 aromatic carbocycles. The van der Waals surface area contributed by atoms with Crippen LogP contribution in [0.4, 0.5) is 10.5 Å². The van der Waals surface area contributed by atoms with Crippen LogP contribution in [0.5, 0.6) is 5.75 Å². The van der Waals surface area contributed by atoms with Crippen LogP contribution in [0.25, 0.3) is 10.8 Å². The quantitative estimate of drug-likeness (QED) is 0.277. The lowest BCUT2D eigenvalue weighted by Gasteiger charge is -2.34. The molecule has 0 radical (unpaired) electrons. The maximum absolute atomic E-state index is 14.0. The van der Waals surface area contributed by atoms with Crippen LogP contribution in [0.15, 0.2) is 60.7 Å². The van der Waals surface area contributed by atoms with Crippen LogP contribution in [0, 0.1) is 6.92 Å². The fraction of sp³-hybridized carbons (Fsp3) is 0.387. The molecule has 0 aliphatic carbocycles. The summed E-state index contributed by atoms with van der Waals surface area (Å²) in [5.74, 6) is -0.379. The van der Waals surface area contributed by atoms with Crippen molar-refractivity contribution < 1.29 is 24.2 Å². The largest absolute Gasteiger partial charge is 0.507 e. The van der Waals surface area contributed by atoms with Gasteiger partial charge in [-0.1, -0.05) is 48.5 Å². The molecule has 2 unspecified atom stereocenters. The number of carbonyl (C=O) groups excluding carboxylic acids is 3. The van der Waals surface area contributed by atoms with Crippen LogP contribution in [0.1, 0.15) is 51.3 Å². The summed E-state index contributed by atoms with van der Waals surface area (Å²) in [6, 6.07) is 16.4. The van der Waals surface area contributed by atoms with Crippen molar-refractivity contribution in [2.45, 2.75) is 58.7 Å². The number of aryl methyl sites for hydroxylation is 1. The average Bonchev–Trinajstić information content (AvgIpc) is 2.90.